The highest BCUT2D eigenvalue weighted by atomic mass is 35.5. The second-order valence-electron chi connectivity index (χ2n) is 6.05. The van der Waals surface area contributed by atoms with Crippen LogP contribution in [0.15, 0.2) is 41.3 Å². The molecule has 0 radical (unpaired) electrons. The molecule has 0 heterocycles. The molecule has 12 heteroatoms. The number of halogens is 5. The average molecular weight is 485 g/mol. The highest BCUT2D eigenvalue weighted by Crippen LogP contribution is 2.36. The molecule has 0 spiro atoms. The molecule has 2 aromatic carbocycles. The number of hydrogen-bond acceptors (Lipinski definition) is 4. The van der Waals surface area contributed by atoms with E-state index < -0.39 is 39.4 Å². The lowest BCUT2D eigenvalue weighted by Gasteiger charge is -2.18. The van der Waals surface area contributed by atoms with Crippen molar-refractivity contribution in [3.8, 4) is 5.75 Å². The minimum absolute atomic E-state index is 0.0489. The number of nitrogens with one attached hydrogen (secondary N) is 2. The molecule has 0 fully saturated rings. The average Bonchev–Trinajstić information content (AvgIpc) is 2.63. The van der Waals surface area contributed by atoms with Crippen LogP contribution in [0.25, 0.3) is 0 Å². The lowest BCUT2D eigenvalue weighted by atomic mass is 10.1. The molecule has 2 rings (SSSR count). The van der Waals surface area contributed by atoms with Crippen LogP contribution in [0, 0.1) is 0 Å². The zero-order valence-electron chi connectivity index (χ0n) is 15.7. The van der Waals surface area contributed by atoms with Crippen LogP contribution in [0.5, 0.6) is 5.75 Å². The molecule has 0 aliphatic heterocycles. The molecule has 0 saturated heterocycles. The van der Waals surface area contributed by atoms with Crippen LogP contribution in [0.3, 0.4) is 0 Å². The third kappa shape index (κ3) is 6.00. The second-order valence-corrected chi connectivity index (χ2v) is 8.60. The number of carbonyl (C=O) groups excluding carboxylic acids is 1. The van der Waals surface area contributed by atoms with E-state index in [4.69, 9.17) is 27.9 Å². The zero-order chi connectivity index (χ0) is 22.7. The molecule has 0 saturated carbocycles. The maximum atomic E-state index is 13.2. The highest BCUT2D eigenvalue weighted by Gasteiger charge is 2.34. The van der Waals surface area contributed by atoms with E-state index in [9.17, 15) is 26.4 Å². The molecular formula is C18H17Cl2F3N2O4S. The quantitative estimate of drug-likeness (QED) is 0.595. The summed E-state index contributed by atoms with van der Waals surface area (Å²) in [4.78, 5) is 12.1. The molecule has 0 aromatic heterocycles. The van der Waals surface area contributed by atoms with Crippen molar-refractivity contribution in [1.29, 1.82) is 0 Å². The van der Waals surface area contributed by atoms with E-state index in [1.54, 1.807) is 6.92 Å². The van der Waals surface area contributed by atoms with E-state index in [0.29, 0.717) is 12.7 Å². The minimum atomic E-state index is -4.77. The first-order valence-electron chi connectivity index (χ1n) is 8.47. The van der Waals surface area contributed by atoms with Crippen LogP contribution in [0.2, 0.25) is 10.0 Å². The molecule has 6 nitrogen and oxygen atoms in total. The topological polar surface area (TPSA) is 84.5 Å². The SMILES string of the molecule is CCOc1ccc(S(=O)(=O)N[C@H](C)C(=O)Nc2ccc(Cl)cc2C(F)(F)F)cc1Cl. The van der Waals surface area contributed by atoms with E-state index in [0.717, 1.165) is 12.1 Å². The minimum Gasteiger partial charge on any atom is -0.492 e. The Bertz CT molecular complexity index is 1050. The van der Waals surface area contributed by atoms with Crippen LogP contribution in [-0.2, 0) is 21.0 Å². The van der Waals surface area contributed by atoms with E-state index in [-0.39, 0.29) is 20.7 Å². The summed E-state index contributed by atoms with van der Waals surface area (Å²) >= 11 is 11.6. The Morgan fingerprint density at radius 3 is 2.40 bits per heavy atom. The summed E-state index contributed by atoms with van der Waals surface area (Å²) in [6, 6.07) is 5.14. The number of amides is 1. The molecule has 0 unspecified atom stereocenters. The summed E-state index contributed by atoms with van der Waals surface area (Å²) < 4.78 is 71.8. The lowest BCUT2D eigenvalue weighted by molar-refractivity contribution is -0.137. The summed E-state index contributed by atoms with van der Waals surface area (Å²) in [7, 11) is -4.19. The van der Waals surface area contributed by atoms with Gasteiger partial charge in [-0.15, -0.1) is 0 Å². The van der Waals surface area contributed by atoms with Crippen molar-refractivity contribution >= 4 is 44.8 Å². The van der Waals surface area contributed by atoms with Gasteiger partial charge >= 0.3 is 6.18 Å². The van der Waals surface area contributed by atoms with E-state index in [1.807, 2.05) is 0 Å². The monoisotopic (exact) mass is 484 g/mol. The number of carbonyl (C=O) groups is 1. The van der Waals surface area contributed by atoms with Gasteiger partial charge in [0.2, 0.25) is 15.9 Å². The number of alkyl halides is 3. The Kier molecular flexibility index (Phi) is 7.62. The van der Waals surface area contributed by atoms with Crippen molar-refractivity contribution in [3.05, 3.63) is 52.0 Å². The van der Waals surface area contributed by atoms with Crippen LogP contribution in [-0.4, -0.2) is 27.0 Å². The summed E-state index contributed by atoms with van der Waals surface area (Å²) in [5.74, 6) is -0.713. The largest absolute Gasteiger partial charge is 0.492 e. The van der Waals surface area contributed by atoms with Gasteiger partial charge in [-0.05, 0) is 50.2 Å². The van der Waals surface area contributed by atoms with Gasteiger partial charge in [-0.2, -0.15) is 17.9 Å². The van der Waals surface area contributed by atoms with Gasteiger partial charge in [-0.25, -0.2) is 8.42 Å². The predicted molar refractivity (Wildman–Crippen MR) is 107 cm³/mol. The molecule has 1 amide bonds. The number of benzene rings is 2. The maximum Gasteiger partial charge on any atom is 0.418 e. The van der Waals surface area contributed by atoms with Gasteiger partial charge in [-0.3, -0.25) is 4.79 Å². The third-order valence-electron chi connectivity index (χ3n) is 3.78. The molecule has 0 aliphatic carbocycles. The lowest BCUT2D eigenvalue weighted by Crippen LogP contribution is -2.41. The van der Waals surface area contributed by atoms with Gasteiger partial charge in [0, 0.05) is 5.02 Å². The van der Waals surface area contributed by atoms with Crippen molar-refractivity contribution in [3.63, 3.8) is 0 Å². The van der Waals surface area contributed by atoms with E-state index in [2.05, 4.69) is 10.0 Å². The van der Waals surface area contributed by atoms with Gasteiger partial charge in [0.05, 0.1) is 33.8 Å². The fourth-order valence-electron chi connectivity index (χ4n) is 2.38. The van der Waals surface area contributed by atoms with E-state index >= 15 is 0 Å². The Hall–Kier alpha value is -2.01. The van der Waals surface area contributed by atoms with Crippen LogP contribution in [0.1, 0.15) is 19.4 Å². The number of ether oxygens (including phenoxy) is 1. The molecule has 0 aliphatic rings. The van der Waals surface area contributed by atoms with Crippen molar-refractivity contribution in [2.45, 2.75) is 31.0 Å². The summed E-state index contributed by atoms with van der Waals surface area (Å²) in [5.41, 5.74) is -1.70. The molecule has 2 aromatic rings. The number of hydrogen-bond donors (Lipinski definition) is 2. The molecular weight excluding hydrogens is 468 g/mol. The first-order chi connectivity index (χ1) is 13.8. The van der Waals surface area contributed by atoms with Crippen molar-refractivity contribution in [2.24, 2.45) is 0 Å². The Morgan fingerprint density at radius 1 is 1.17 bits per heavy atom. The smallest absolute Gasteiger partial charge is 0.418 e. The van der Waals surface area contributed by atoms with Crippen molar-refractivity contribution in [1.82, 2.24) is 4.72 Å². The number of sulfonamides is 1. The van der Waals surface area contributed by atoms with Gasteiger partial charge in [0.1, 0.15) is 5.75 Å². The normalized spacial score (nSPS) is 13.0. The number of rotatable bonds is 7. The molecule has 30 heavy (non-hydrogen) atoms. The standard InChI is InChI=1S/C18H17Cl2F3N2O4S/c1-3-29-16-7-5-12(9-14(16)20)30(27,28)25-10(2)17(26)24-15-6-4-11(19)8-13(15)18(21,22)23/h4-10,25H,3H2,1-2H3,(H,24,26)/t10-/m1/s1. The molecule has 0 bridgehead atoms. The van der Waals surface area contributed by atoms with Crippen molar-refractivity contribution in [2.75, 3.05) is 11.9 Å². The molecule has 164 valence electrons. The molecule has 1 atom stereocenters. The fraction of sp³-hybridized carbons (Fsp3) is 0.278. The highest BCUT2D eigenvalue weighted by molar-refractivity contribution is 7.89. The van der Waals surface area contributed by atoms with Crippen LogP contribution in [0.4, 0.5) is 18.9 Å². The fourth-order valence-corrected chi connectivity index (χ4v) is 4.08. The Balaban J connectivity index is 2.19. The second kappa shape index (κ2) is 9.42. The summed E-state index contributed by atoms with van der Waals surface area (Å²) in [6.07, 6.45) is -4.77. The van der Waals surface area contributed by atoms with Gasteiger partial charge in [0.15, 0.2) is 0 Å². The predicted octanol–water partition coefficient (Wildman–Crippen LogP) is 4.72. The Labute approximate surface area is 181 Å². The van der Waals surface area contributed by atoms with Gasteiger partial charge in [0.25, 0.3) is 0 Å². The number of anilines is 1. The zero-order valence-corrected chi connectivity index (χ0v) is 18.0. The third-order valence-corrected chi connectivity index (χ3v) is 5.85. The summed E-state index contributed by atoms with van der Waals surface area (Å²) in [6.45, 7) is 3.24. The van der Waals surface area contributed by atoms with Crippen LogP contribution < -0.4 is 14.8 Å². The molecule has 2 N–H and O–H groups in total. The van der Waals surface area contributed by atoms with Gasteiger partial charge < -0.3 is 10.1 Å². The Morgan fingerprint density at radius 2 is 1.83 bits per heavy atom. The summed E-state index contributed by atoms with van der Waals surface area (Å²) in [5, 5.41) is 1.95. The van der Waals surface area contributed by atoms with Crippen molar-refractivity contribution < 1.29 is 31.1 Å². The first kappa shape index (κ1) is 24.3. The van der Waals surface area contributed by atoms with Crippen LogP contribution >= 0.6 is 23.2 Å². The maximum absolute atomic E-state index is 13.2. The van der Waals surface area contributed by atoms with E-state index in [1.165, 1.54) is 25.1 Å². The van der Waals surface area contributed by atoms with Gasteiger partial charge in [-0.1, -0.05) is 23.2 Å². The first-order valence-corrected chi connectivity index (χ1v) is 10.7.